The molecule has 23 heavy (non-hydrogen) atoms. The number of hydrogen-bond donors (Lipinski definition) is 0. The zero-order valence-corrected chi connectivity index (χ0v) is 14.5. The van der Waals surface area contributed by atoms with Crippen molar-refractivity contribution in [3.63, 3.8) is 0 Å². The Morgan fingerprint density at radius 3 is 2.04 bits per heavy atom. The number of carbonyl (C=O) groups is 1. The highest BCUT2D eigenvalue weighted by molar-refractivity contribution is 9.10. The molecule has 0 aromatic heterocycles. The van der Waals surface area contributed by atoms with Crippen molar-refractivity contribution >= 4 is 45.0 Å². The molecule has 0 saturated heterocycles. The van der Waals surface area contributed by atoms with Crippen LogP contribution in [0, 0.1) is 0 Å². The highest BCUT2D eigenvalue weighted by Crippen LogP contribution is 2.48. The second-order valence-electron chi connectivity index (χ2n) is 5.19. The fourth-order valence-corrected chi connectivity index (χ4v) is 4.13. The fraction of sp³-hybridized carbons (Fsp3) is 0. The van der Waals surface area contributed by atoms with Crippen LogP contribution < -0.4 is 4.90 Å². The highest BCUT2D eigenvalue weighted by atomic mass is 79.9. The number of benzene rings is 3. The Bertz CT molecular complexity index is 864. The van der Waals surface area contributed by atoms with Gasteiger partial charge in [0.2, 0.25) is 0 Å². The van der Waals surface area contributed by atoms with Gasteiger partial charge < -0.3 is 0 Å². The summed E-state index contributed by atoms with van der Waals surface area (Å²) in [5, 5.41) is 0. The van der Waals surface area contributed by atoms with Crippen LogP contribution in [0.4, 0.5) is 11.4 Å². The van der Waals surface area contributed by atoms with Gasteiger partial charge in [0, 0.05) is 19.8 Å². The predicted octanol–water partition coefficient (Wildman–Crippen LogP) is 5.89. The molecule has 0 bridgehead atoms. The Hall–Kier alpha value is -2.04. The standard InChI is InChI=1S/C19H12BrNOS/c20-14-7-5-6-13(12-14)19(22)21-15-8-1-3-10-17(15)23-18-11-4-2-9-16(18)21/h1-12H. The molecule has 1 heterocycles. The van der Waals surface area contributed by atoms with E-state index in [2.05, 4.69) is 28.1 Å². The second kappa shape index (κ2) is 5.87. The summed E-state index contributed by atoms with van der Waals surface area (Å²) in [7, 11) is 0. The first-order valence-corrected chi connectivity index (χ1v) is 8.81. The summed E-state index contributed by atoms with van der Waals surface area (Å²) in [6, 6.07) is 23.5. The third-order valence-electron chi connectivity index (χ3n) is 3.71. The van der Waals surface area contributed by atoms with Crippen LogP contribution in [0.2, 0.25) is 0 Å². The van der Waals surface area contributed by atoms with Crippen molar-refractivity contribution in [2.45, 2.75) is 9.79 Å². The number of hydrogen-bond acceptors (Lipinski definition) is 2. The van der Waals surface area contributed by atoms with E-state index in [1.54, 1.807) is 11.8 Å². The fourth-order valence-electron chi connectivity index (χ4n) is 2.67. The summed E-state index contributed by atoms with van der Waals surface area (Å²) >= 11 is 5.14. The molecule has 2 nitrogen and oxygen atoms in total. The van der Waals surface area contributed by atoms with Crippen molar-refractivity contribution < 1.29 is 4.79 Å². The van der Waals surface area contributed by atoms with Crippen molar-refractivity contribution in [1.82, 2.24) is 0 Å². The van der Waals surface area contributed by atoms with Crippen LogP contribution in [0.25, 0.3) is 0 Å². The Balaban J connectivity index is 1.89. The van der Waals surface area contributed by atoms with Gasteiger partial charge in [-0.2, -0.15) is 0 Å². The Morgan fingerprint density at radius 1 is 0.826 bits per heavy atom. The van der Waals surface area contributed by atoms with Gasteiger partial charge in [0.05, 0.1) is 11.4 Å². The molecule has 112 valence electrons. The maximum absolute atomic E-state index is 13.2. The lowest BCUT2D eigenvalue weighted by Gasteiger charge is -2.31. The normalized spacial score (nSPS) is 12.5. The van der Waals surface area contributed by atoms with E-state index >= 15 is 0 Å². The maximum Gasteiger partial charge on any atom is 0.262 e. The lowest BCUT2D eigenvalue weighted by molar-refractivity contribution is 0.0998. The van der Waals surface area contributed by atoms with Crippen LogP contribution in [-0.4, -0.2) is 5.91 Å². The van der Waals surface area contributed by atoms with Crippen molar-refractivity contribution in [3.05, 3.63) is 82.8 Å². The van der Waals surface area contributed by atoms with Gasteiger partial charge in [-0.3, -0.25) is 9.69 Å². The summed E-state index contributed by atoms with van der Waals surface area (Å²) < 4.78 is 0.899. The predicted molar refractivity (Wildman–Crippen MR) is 97.6 cm³/mol. The van der Waals surface area contributed by atoms with Gasteiger partial charge in [-0.15, -0.1) is 0 Å². The molecule has 0 atom stereocenters. The first-order chi connectivity index (χ1) is 11.2. The molecule has 0 radical (unpaired) electrons. The molecule has 0 spiro atoms. The van der Waals surface area contributed by atoms with Gasteiger partial charge in [0.1, 0.15) is 0 Å². The summed E-state index contributed by atoms with van der Waals surface area (Å²) in [4.78, 5) is 17.2. The molecule has 0 N–H and O–H groups in total. The van der Waals surface area contributed by atoms with E-state index < -0.39 is 0 Å². The van der Waals surface area contributed by atoms with Gasteiger partial charge in [-0.25, -0.2) is 0 Å². The van der Waals surface area contributed by atoms with Crippen molar-refractivity contribution in [3.8, 4) is 0 Å². The number of anilines is 2. The van der Waals surface area contributed by atoms with Crippen LogP contribution >= 0.6 is 27.7 Å². The Labute approximate surface area is 147 Å². The zero-order chi connectivity index (χ0) is 15.8. The van der Waals surface area contributed by atoms with E-state index in [9.17, 15) is 4.79 Å². The highest BCUT2D eigenvalue weighted by Gasteiger charge is 2.28. The van der Waals surface area contributed by atoms with Crippen molar-refractivity contribution in [2.24, 2.45) is 0 Å². The van der Waals surface area contributed by atoms with E-state index in [4.69, 9.17) is 0 Å². The molecule has 1 amide bonds. The molecule has 0 unspecified atom stereocenters. The molecule has 0 fully saturated rings. The van der Waals surface area contributed by atoms with Gasteiger partial charge in [-0.1, -0.05) is 58.0 Å². The maximum atomic E-state index is 13.2. The molecule has 4 heteroatoms. The first-order valence-electron chi connectivity index (χ1n) is 7.20. The lowest BCUT2D eigenvalue weighted by Crippen LogP contribution is -2.28. The van der Waals surface area contributed by atoms with Crippen LogP contribution in [0.5, 0.6) is 0 Å². The number of rotatable bonds is 1. The summed E-state index contributed by atoms with van der Waals surface area (Å²) in [6.45, 7) is 0. The molecule has 1 aliphatic heterocycles. The summed E-state index contributed by atoms with van der Waals surface area (Å²) in [5.74, 6) is -0.0218. The van der Waals surface area contributed by atoms with Crippen LogP contribution in [0.3, 0.4) is 0 Å². The Kier molecular flexibility index (Phi) is 3.71. The van der Waals surface area contributed by atoms with Gasteiger partial charge in [0.25, 0.3) is 5.91 Å². The van der Waals surface area contributed by atoms with E-state index in [1.165, 1.54) is 0 Å². The molecule has 0 aliphatic carbocycles. The Morgan fingerprint density at radius 2 is 1.43 bits per heavy atom. The number of para-hydroxylation sites is 2. The van der Waals surface area contributed by atoms with E-state index in [1.807, 2.05) is 65.6 Å². The van der Waals surface area contributed by atoms with Gasteiger partial charge in [-0.05, 0) is 42.5 Å². The average molecular weight is 382 g/mol. The van der Waals surface area contributed by atoms with Crippen LogP contribution in [0.1, 0.15) is 10.4 Å². The van der Waals surface area contributed by atoms with Gasteiger partial charge >= 0.3 is 0 Å². The summed E-state index contributed by atoms with van der Waals surface area (Å²) in [6.07, 6.45) is 0. The molecule has 3 aromatic carbocycles. The molecule has 3 aromatic rings. The van der Waals surface area contributed by atoms with Crippen LogP contribution in [0.15, 0.2) is 87.1 Å². The first kappa shape index (κ1) is 14.5. The number of carbonyl (C=O) groups excluding carboxylic acids is 1. The van der Waals surface area contributed by atoms with Crippen LogP contribution in [-0.2, 0) is 0 Å². The zero-order valence-electron chi connectivity index (χ0n) is 12.1. The third-order valence-corrected chi connectivity index (χ3v) is 5.33. The third kappa shape index (κ3) is 2.58. The molecular weight excluding hydrogens is 370 g/mol. The SMILES string of the molecule is O=C(c1cccc(Br)c1)N1c2ccccc2Sc2ccccc21. The quantitative estimate of drug-likeness (QED) is 0.523. The smallest absolute Gasteiger partial charge is 0.262 e. The molecular formula is C19H12BrNOS. The van der Waals surface area contributed by atoms with Crippen molar-refractivity contribution in [2.75, 3.05) is 4.90 Å². The van der Waals surface area contributed by atoms with Gasteiger partial charge in [0.15, 0.2) is 0 Å². The number of halogens is 1. The van der Waals surface area contributed by atoms with E-state index in [0.29, 0.717) is 5.56 Å². The van der Waals surface area contributed by atoms with Crippen molar-refractivity contribution in [1.29, 1.82) is 0 Å². The van der Waals surface area contributed by atoms with E-state index in [-0.39, 0.29) is 5.91 Å². The lowest BCUT2D eigenvalue weighted by atomic mass is 10.1. The molecule has 0 saturated carbocycles. The molecule has 1 aliphatic rings. The number of nitrogens with zero attached hydrogens (tertiary/aromatic N) is 1. The minimum absolute atomic E-state index is 0.0218. The largest absolute Gasteiger partial charge is 0.275 e. The topological polar surface area (TPSA) is 20.3 Å². The number of fused-ring (bicyclic) bond motifs is 2. The minimum atomic E-state index is -0.0218. The number of amides is 1. The average Bonchev–Trinajstić information content (AvgIpc) is 2.59. The minimum Gasteiger partial charge on any atom is -0.275 e. The second-order valence-corrected chi connectivity index (χ2v) is 7.19. The monoisotopic (exact) mass is 381 g/mol. The van der Waals surface area contributed by atoms with E-state index in [0.717, 1.165) is 25.6 Å². The summed E-state index contributed by atoms with van der Waals surface area (Å²) in [5.41, 5.74) is 2.53. The molecule has 4 rings (SSSR count).